The highest BCUT2D eigenvalue weighted by molar-refractivity contribution is 7.98. The van der Waals surface area contributed by atoms with E-state index in [0.29, 0.717) is 5.11 Å². The van der Waals surface area contributed by atoms with E-state index in [1.807, 2.05) is 55.2 Å². The minimum Gasteiger partial charge on any atom is -0.362 e. The summed E-state index contributed by atoms with van der Waals surface area (Å²) in [7, 11) is 0. The molecule has 116 valence electrons. The third-order valence-corrected chi connectivity index (χ3v) is 4.52. The molecule has 1 heterocycles. The Bertz CT molecular complexity index is 617. The number of anilines is 1. The molecule has 0 aliphatic carbocycles. The molecule has 0 aliphatic rings. The Morgan fingerprint density at radius 1 is 1.27 bits per heavy atom. The Labute approximate surface area is 145 Å². The summed E-state index contributed by atoms with van der Waals surface area (Å²) < 4.78 is 0. The first kappa shape index (κ1) is 17.1. The summed E-state index contributed by atoms with van der Waals surface area (Å²) in [5.41, 5.74) is 2.29. The van der Waals surface area contributed by atoms with E-state index >= 15 is 0 Å². The molecule has 0 aliphatic heterocycles. The largest absolute Gasteiger partial charge is 0.362 e. The number of rotatable bonds is 6. The standard InChI is InChI=1S/C16H18ClN3S2/c1-12-6-7-15(19-10-12)20-16(21)18-8-9-22-11-13-4-2-3-5-14(13)17/h2-7,10H,8-9,11H2,1H3,(H2,18,19,20,21). The lowest BCUT2D eigenvalue weighted by Gasteiger charge is -2.10. The number of aryl methyl sites for hydroxylation is 1. The van der Waals surface area contributed by atoms with Crippen LogP contribution in [0.1, 0.15) is 11.1 Å². The number of halogens is 1. The van der Waals surface area contributed by atoms with Gasteiger partial charge in [-0.05, 0) is 42.4 Å². The highest BCUT2D eigenvalue weighted by Gasteiger charge is 2.00. The normalized spacial score (nSPS) is 10.3. The van der Waals surface area contributed by atoms with E-state index < -0.39 is 0 Å². The summed E-state index contributed by atoms with van der Waals surface area (Å²) in [6.45, 7) is 2.80. The number of benzene rings is 1. The Morgan fingerprint density at radius 2 is 2.09 bits per heavy atom. The van der Waals surface area contributed by atoms with Gasteiger partial charge in [-0.3, -0.25) is 0 Å². The Hall–Kier alpha value is -1.30. The lowest BCUT2D eigenvalue weighted by Crippen LogP contribution is -2.30. The van der Waals surface area contributed by atoms with Gasteiger partial charge in [0.15, 0.2) is 5.11 Å². The van der Waals surface area contributed by atoms with Crippen molar-refractivity contribution in [2.75, 3.05) is 17.6 Å². The second-order valence-electron chi connectivity index (χ2n) is 4.75. The van der Waals surface area contributed by atoms with Crippen LogP contribution in [0, 0.1) is 6.92 Å². The van der Waals surface area contributed by atoms with Gasteiger partial charge < -0.3 is 10.6 Å². The van der Waals surface area contributed by atoms with E-state index in [9.17, 15) is 0 Å². The second kappa shape index (κ2) is 8.98. The smallest absolute Gasteiger partial charge is 0.171 e. The van der Waals surface area contributed by atoms with Gasteiger partial charge in [0.25, 0.3) is 0 Å². The molecule has 0 radical (unpaired) electrons. The van der Waals surface area contributed by atoms with Crippen molar-refractivity contribution in [1.29, 1.82) is 0 Å². The molecule has 0 saturated heterocycles. The maximum atomic E-state index is 6.12. The van der Waals surface area contributed by atoms with Gasteiger partial charge in [-0.15, -0.1) is 0 Å². The molecule has 0 spiro atoms. The molecule has 2 rings (SSSR count). The molecule has 0 atom stereocenters. The topological polar surface area (TPSA) is 37.0 Å². The van der Waals surface area contributed by atoms with Crippen LogP contribution in [-0.4, -0.2) is 22.4 Å². The van der Waals surface area contributed by atoms with Crippen LogP contribution in [0.3, 0.4) is 0 Å². The highest BCUT2D eigenvalue weighted by atomic mass is 35.5. The van der Waals surface area contributed by atoms with Crippen LogP contribution >= 0.6 is 35.6 Å². The van der Waals surface area contributed by atoms with Gasteiger partial charge in [0.05, 0.1) is 0 Å². The first-order valence-electron chi connectivity index (χ1n) is 6.94. The molecule has 0 saturated carbocycles. The number of thioether (sulfide) groups is 1. The summed E-state index contributed by atoms with van der Waals surface area (Å²) in [4.78, 5) is 4.25. The van der Waals surface area contributed by atoms with Crippen LogP contribution in [0.15, 0.2) is 42.6 Å². The molecular weight excluding hydrogens is 334 g/mol. The summed E-state index contributed by atoms with van der Waals surface area (Å²) in [6.07, 6.45) is 1.81. The van der Waals surface area contributed by atoms with Crippen molar-refractivity contribution in [3.8, 4) is 0 Å². The van der Waals surface area contributed by atoms with Crippen molar-refractivity contribution in [1.82, 2.24) is 10.3 Å². The molecule has 0 unspecified atom stereocenters. The third kappa shape index (κ3) is 5.83. The molecule has 0 fully saturated rings. The molecule has 0 amide bonds. The van der Waals surface area contributed by atoms with Gasteiger partial charge in [0, 0.05) is 29.3 Å². The second-order valence-corrected chi connectivity index (χ2v) is 6.67. The van der Waals surface area contributed by atoms with E-state index in [0.717, 1.165) is 34.5 Å². The summed E-state index contributed by atoms with van der Waals surface area (Å²) in [5, 5.41) is 7.66. The molecule has 2 N–H and O–H groups in total. The number of nitrogens with one attached hydrogen (secondary N) is 2. The summed E-state index contributed by atoms with van der Waals surface area (Å²) in [5.74, 6) is 2.61. The number of aromatic nitrogens is 1. The fourth-order valence-corrected chi connectivity index (χ4v) is 3.09. The van der Waals surface area contributed by atoms with E-state index in [2.05, 4.69) is 21.7 Å². The number of hydrogen-bond acceptors (Lipinski definition) is 3. The first-order chi connectivity index (χ1) is 10.6. The van der Waals surface area contributed by atoms with Gasteiger partial charge in [0.2, 0.25) is 0 Å². The monoisotopic (exact) mass is 351 g/mol. The van der Waals surface area contributed by atoms with E-state index in [1.54, 1.807) is 0 Å². The summed E-state index contributed by atoms with van der Waals surface area (Å²) >= 11 is 13.2. The van der Waals surface area contributed by atoms with Gasteiger partial charge in [-0.2, -0.15) is 11.8 Å². The van der Waals surface area contributed by atoms with Crippen molar-refractivity contribution in [3.05, 3.63) is 58.7 Å². The molecule has 22 heavy (non-hydrogen) atoms. The van der Waals surface area contributed by atoms with Crippen molar-refractivity contribution in [2.24, 2.45) is 0 Å². The van der Waals surface area contributed by atoms with Crippen LogP contribution in [-0.2, 0) is 5.75 Å². The zero-order chi connectivity index (χ0) is 15.8. The highest BCUT2D eigenvalue weighted by Crippen LogP contribution is 2.20. The van der Waals surface area contributed by atoms with Crippen LogP contribution in [0.25, 0.3) is 0 Å². The average Bonchev–Trinajstić information content (AvgIpc) is 2.51. The first-order valence-corrected chi connectivity index (χ1v) is 8.88. The van der Waals surface area contributed by atoms with Crippen molar-refractivity contribution >= 4 is 46.5 Å². The minimum absolute atomic E-state index is 0.592. The fourth-order valence-electron chi connectivity index (χ4n) is 1.74. The van der Waals surface area contributed by atoms with Crippen LogP contribution in [0.2, 0.25) is 5.02 Å². The Balaban J connectivity index is 1.63. The van der Waals surface area contributed by atoms with Gasteiger partial charge in [-0.25, -0.2) is 4.98 Å². The van der Waals surface area contributed by atoms with Gasteiger partial charge in [0.1, 0.15) is 5.82 Å². The van der Waals surface area contributed by atoms with Crippen LogP contribution < -0.4 is 10.6 Å². The van der Waals surface area contributed by atoms with E-state index in [-0.39, 0.29) is 0 Å². The predicted octanol–water partition coefficient (Wildman–Crippen LogP) is 4.26. The van der Waals surface area contributed by atoms with Gasteiger partial charge in [-0.1, -0.05) is 35.9 Å². The third-order valence-electron chi connectivity index (χ3n) is 2.90. The molecule has 6 heteroatoms. The number of pyridine rings is 1. The predicted molar refractivity (Wildman–Crippen MR) is 101 cm³/mol. The van der Waals surface area contributed by atoms with E-state index in [4.69, 9.17) is 23.8 Å². The Kier molecular flexibility index (Phi) is 6.96. The van der Waals surface area contributed by atoms with Crippen LogP contribution in [0.4, 0.5) is 5.82 Å². The molecule has 1 aromatic carbocycles. The van der Waals surface area contributed by atoms with E-state index in [1.165, 1.54) is 5.56 Å². The molecule has 1 aromatic heterocycles. The maximum Gasteiger partial charge on any atom is 0.171 e. The van der Waals surface area contributed by atoms with Crippen molar-refractivity contribution in [2.45, 2.75) is 12.7 Å². The maximum absolute atomic E-state index is 6.12. The summed E-state index contributed by atoms with van der Waals surface area (Å²) in [6, 6.07) is 11.8. The lowest BCUT2D eigenvalue weighted by atomic mass is 10.2. The SMILES string of the molecule is Cc1ccc(NC(=S)NCCSCc2ccccc2Cl)nc1. The van der Waals surface area contributed by atoms with Crippen molar-refractivity contribution in [3.63, 3.8) is 0 Å². The lowest BCUT2D eigenvalue weighted by molar-refractivity contribution is 0.988. The molecule has 0 bridgehead atoms. The Morgan fingerprint density at radius 3 is 2.82 bits per heavy atom. The molecule has 3 nitrogen and oxygen atoms in total. The number of thiocarbonyl (C=S) groups is 1. The zero-order valence-corrected chi connectivity index (χ0v) is 14.7. The van der Waals surface area contributed by atoms with Gasteiger partial charge >= 0.3 is 0 Å². The number of nitrogens with zero attached hydrogens (tertiary/aromatic N) is 1. The molecular formula is C16H18ClN3S2. The fraction of sp³-hybridized carbons (Fsp3) is 0.250. The molecule has 2 aromatic rings. The number of hydrogen-bond donors (Lipinski definition) is 2. The average molecular weight is 352 g/mol. The zero-order valence-electron chi connectivity index (χ0n) is 12.3. The minimum atomic E-state index is 0.592. The van der Waals surface area contributed by atoms with Crippen molar-refractivity contribution < 1.29 is 0 Å². The quantitative estimate of drug-likeness (QED) is 0.600. The van der Waals surface area contributed by atoms with Crippen LogP contribution in [0.5, 0.6) is 0 Å².